The zero-order valence-electron chi connectivity index (χ0n) is 20.1. The molecule has 8 heteroatoms. The molecule has 0 bridgehead atoms. The predicted octanol–water partition coefficient (Wildman–Crippen LogP) is 3.35. The molecule has 3 fully saturated rings. The van der Waals surface area contributed by atoms with Gasteiger partial charge < -0.3 is 19.4 Å². The fourth-order valence-electron chi connectivity index (χ4n) is 8.11. The fraction of sp³-hybridized carbons (Fsp3) is 0.593. The van der Waals surface area contributed by atoms with Crippen LogP contribution in [0.1, 0.15) is 57.0 Å². The van der Waals surface area contributed by atoms with E-state index in [9.17, 15) is 24.6 Å². The second-order valence-corrected chi connectivity index (χ2v) is 11.1. The molecule has 2 N–H and O–H groups in total. The predicted molar refractivity (Wildman–Crippen MR) is 122 cm³/mol. The molecule has 0 aliphatic heterocycles. The van der Waals surface area contributed by atoms with Gasteiger partial charge in [0.25, 0.3) is 0 Å². The summed E-state index contributed by atoms with van der Waals surface area (Å²) in [5.74, 6) is -3.36. The van der Waals surface area contributed by atoms with Crippen molar-refractivity contribution >= 4 is 17.5 Å². The Morgan fingerprint density at radius 2 is 2.03 bits per heavy atom. The van der Waals surface area contributed by atoms with Gasteiger partial charge in [-0.3, -0.25) is 9.59 Å². The molecular weight excluding hydrogens is 455 g/mol. The number of furan rings is 1. The van der Waals surface area contributed by atoms with E-state index in [4.69, 9.17) is 9.15 Å². The van der Waals surface area contributed by atoms with E-state index >= 15 is 4.39 Å². The Balaban J connectivity index is 1.61. The maximum atomic E-state index is 17.3. The Kier molecular flexibility index (Phi) is 5.31. The van der Waals surface area contributed by atoms with Gasteiger partial charge in [0.1, 0.15) is 6.61 Å². The number of hydrogen-bond donors (Lipinski definition) is 2. The molecule has 35 heavy (non-hydrogen) atoms. The molecule has 4 aliphatic carbocycles. The molecule has 0 aromatic carbocycles. The second-order valence-electron chi connectivity index (χ2n) is 11.1. The third-order valence-corrected chi connectivity index (χ3v) is 9.71. The summed E-state index contributed by atoms with van der Waals surface area (Å²) in [6.45, 7) is 4.41. The SMILES string of the molecule is CC1C[C@H]2[C@@H]3CCC4=CC(=O)C=C[C@]4(C)[C@@]3(F)C(O)C[C@]2(C)[C@@]1(OC(=O)c1ccco1)C(=O)CO. The van der Waals surface area contributed by atoms with Crippen LogP contribution in [-0.2, 0) is 14.3 Å². The number of carbonyl (C=O) groups excluding carboxylic acids is 3. The summed E-state index contributed by atoms with van der Waals surface area (Å²) >= 11 is 0. The van der Waals surface area contributed by atoms with Crippen molar-refractivity contribution in [3.05, 3.63) is 48.0 Å². The number of alkyl halides is 1. The van der Waals surface area contributed by atoms with E-state index in [0.717, 1.165) is 0 Å². The standard InChI is InChI=1S/C27H31FO7/c1-15-11-19-18-7-6-16-12-17(30)8-9-24(16,2)26(18,28)21(31)13-25(19,3)27(15,22(32)14-29)35-23(33)20-5-4-10-34-20/h4-5,8-10,12,15,18-19,21,29,31H,6-7,11,13-14H2,1-3H3/t15?,18-,19-,21?,24-,25-,26-,27-/m0/s1. The summed E-state index contributed by atoms with van der Waals surface area (Å²) in [6, 6.07) is 2.95. The molecule has 1 heterocycles. The zero-order chi connectivity index (χ0) is 25.4. The Hall–Kier alpha value is -2.58. The van der Waals surface area contributed by atoms with Crippen LogP contribution in [0.3, 0.4) is 0 Å². The highest BCUT2D eigenvalue weighted by atomic mass is 19.1. The van der Waals surface area contributed by atoms with Gasteiger partial charge in [-0.2, -0.15) is 0 Å². The minimum absolute atomic E-state index is 0.0810. The van der Waals surface area contributed by atoms with E-state index in [1.54, 1.807) is 26.8 Å². The average Bonchev–Trinajstić information content (AvgIpc) is 3.42. The quantitative estimate of drug-likeness (QED) is 0.628. The van der Waals surface area contributed by atoms with Crippen LogP contribution >= 0.6 is 0 Å². The monoisotopic (exact) mass is 486 g/mol. The lowest BCUT2D eigenvalue weighted by molar-refractivity contribution is -0.219. The number of esters is 1. The molecule has 1 aromatic rings. The number of aliphatic hydroxyl groups is 2. The summed E-state index contributed by atoms with van der Waals surface area (Å²) in [6.07, 6.45) is 5.35. The number of halogens is 1. The Morgan fingerprint density at radius 3 is 2.69 bits per heavy atom. The van der Waals surface area contributed by atoms with E-state index in [-0.39, 0.29) is 18.0 Å². The maximum absolute atomic E-state index is 17.3. The van der Waals surface area contributed by atoms with Gasteiger partial charge in [0.05, 0.1) is 12.4 Å². The van der Waals surface area contributed by atoms with Crippen molar-refractivity contribution in [2.75, 3.05) is 6.61 Å². The first kappa shape index (κ1) is 24.1. The number of allylic oxidation sites excluding steroid dienone is 4. The van der Waals surface area contributed by atoms with Crippen molar-refractivity contribution in [1.29, 1.82) is 0 Å². The number of hydrogen-bond acceptors (Lipinski definition) is 7. The maximum Gasteiger partial charge on any atom is 0.375 e. The molecule has 1 aromatic heterocycles. The van der Waals surface area contributed by atoms with E-state index in [1.165, 1.54) is 30.5 Å². The molecular formula is C27H31FO7. The Bertz CT molecular complexity index is 1140. The van der Waals surface area contributed by atoms with E-state index in [2.05, 4.69) is 0 Å². The van der Waals surface area contributed by atoms with Crippen LogP contribution in [0.25, 0.3) is 0 Å². The molecule has 8 atom stereocenters. The second kappa shape index (κ2) is 7.71. The van der Waals surface area contributed by atoms with E-state index in [0.29, 0.717) is 24.8 Å². The van der Waals surface area contributed by atoms with E-state index < -0.39 is 64.3 Å². The van der Waals surface area contributed by atoms with Gasteiger partial charge >= 0.3 is 5.97 Å². The van der Waals surface area contributed by atoms with Crippen LogP contribution in [0.15, 0.2) is 46.6 Å². The van der Waals surface area contributed by atoms with Crippen LogP contribution in [0.5, 0.6) is 0 Å². The van der Waals surface area contributed by atoms with Gasteiger partial charge in [0.2, 0.25) is 11.5 Å². The van der Waals surface area contributed by atoms with Crippen molar-refractivity contribution in [2.45, 2.75) is 63.8 Å². The number of aliphatic hydroxyl groups excluding tert-OH is 2. The first-order valence-electron chi connectivity index (χ1n) is 12.2. The van der Waals surface area contributed by atoms with Gasteiger partial charge in [-0.15, -0.1) is 0 Å². The van der Waals surface area contributed by atoms with E-state index in [1.807, 2.05) is 0 Å². The molecule has 0 saturated heterocycles. The summed E-state index contributed by atoms with van der Waals surface area (Å²) in [5, 5.41) is 21.4. The van der Waals surface area contributed by atoms with Gasteiger partial charge in [-0.25, -0.2) is 9.18 Å². The largest absolute Gasteiger partial charge is 0.457 e. The summed E-state index contributed by atoms with van der Waals surface area (Å²) in [7, 11) is 0. The molecule has 0 amide bonds. The topological polar surface area (TPSA) is 114 Å². The molecule has 0 spiro atoms. The van der Waals surface area contributed by atoms with Crippen molar-refractivity contribution in [3.8, 4) is 0 Å². The summed E-state index contributed by atoms with van der Waals surface area (Å²) in [5.41, 5.74) is -5.44. The highest BCUT2D eigenvalue weighted by Crippen LogP contribution is 2.71. The van der Waals surface area contributed by atoms with Crippen LogP contribution in [0, 0.1) is 28.6 Å². The number of carbonyl (C=O) groups is 3. The van der Waals surface area contributed by atoms with Crippen molar-refractivity contribution < 1.29 is 38.1 Å². The van der Waals surface area contributed by atoms with Gasteiger partial charge in [0, 0.05) is 22.7 Å². The third kappa shape index (κ3) is 2.87. The number of Topliss-reactive ketones (excluding diaryl/α,β-unsaturated/α-hetero) is 1. The molecule has 7 nitrogen and oxygen atoms in total. The highest BCUT2D eigenvalue weighted by molar-refractivity contribution is 6.01. The zero-order valence-corrected chi connectivity index (χ0v) is 20.1. The first-order chi connectivity index (χ1) is 16.5. The lowest BCUT2D eigenvalue weighted by Gasteiger charge is -2.62. The minimum Gasteiger partial charge on any atom is -0.457 e. The Morgan fingerprint density at radius 1 is 1.29 bits per heavy atom. The average molecular weight is 487 g/mol. The van der Waals surface area contributed by atoms with Crippen LogP contribution in [-0.4, -0.2) is 51.7 Å². The summed E-state index contributed by atoms with van der Waals surface area (Å²) in [4.78, 5) is 38.4. The fourth-order valence-corrected chi connectivity index (χ4v) is 8.11. The van der Waals surface area contributed by atoms with Gasteiger partial charge in [-0.1, -0.05) is 25.5 Å². The smallest absolute Gasteiger partial charge is 0.375 e. The van der Waals surface area contributed by atoms with Crippen molar-refractivity contribution in [1.82, 2.24) is 0 Å². The van der Waals surface area contributed by atoms with Crippen LogP contribution in [0.2, 0.25) is 0 Å². The number of ether oxygens (including phenoxy) is 1. The number of fused-ring (bicyclic) bond motifs is 5. The van der Waals surface area contributed by atoms with Crippen molar-refractivity contribution in [2.24, 2.45) is 28.6 Å². The molecule has 3 saturated carbocycles. The third-order valence-electron chi connectivity index (χ3n) is 9.71. The molecule has 4 aliphatic rings. The highest BCUT2D eigenvalue weighted by Gasteiger charge is 2.77. The minimum atomic E-state index is -2.07. The van der Waals surface area contributed by atoms with Crippen LogP contribution in [0.4, 0.5) is 4.39 Å². The molecule has 0 radical (unpaired) electrons. The lowest BCUT2D eigenvalue weighted by Crippen LogP contribution is -2.70. The first-order valence-corrected chi connectivity index (χ1v) is 12.2. The number of ketones is 2. The normalized spacial score (nSPS) is 44.2. The Labute approximate surface area is 203 Å². The lowest BCUT2D eigenvalue weighted by atomic mass is 9.44. The summed E-state index contributed by atoms with van der Waals surface area (Å²) < 4.78 is 28.4. The van der Waals surface area contributed by atoms with Crippen LogP contribution < -0.4 is 0 Å². The van der Waals surface area contributed by atoms with Crippen molar-refractivity contribution in [3.63, 3.8) is 0 Å². The molecule has 188 valence electrons. The molecule has 5 rings (SSSR count). The van der Waals surface area contributed by atoms with Gasteiger partial charge in [-0.05, 0) is 62.8 Å². The number of rotatable bonds is 4. The van der Waals surface area contributed by atoms with Gasteiger partial charge in [0.15, 0.2) is 17.1 Å². The molecule has 2 unspecified atom stereocenters.